The number of likely N-dealkylation sites (tertiary alicyclic amines) is 1. The second-order valence-electron chi connectivity index (χ2n) is 8.58. The Kier molecular flexibility index (Phi) is 4.91. The number of nitrogens with zero attached hydrogens (tertiary/aromatic N) is 1. The molecule has 1 saturated heterocycles. The molecular weight excluding hydrogens is 376 g/mol. The molecular formula is C25H26N2O3. The van der Waals surface area contributed by atoms with Gasteiger partial charge < -0.3 is 15.3 Å². The molecule has 2 aliphatic heterocycles. The number of carboxylic acid groups (broad SMARTS) is 1. The van der Waals surface area contributed by atoms with Gasteiger partial charge in [0, 0.05) is 12.6 Å². The summed E-state index contributed by atoms with van der Waals surface area (Å²) >= 11 is 0. The van der Waals surface area contributed by atoms with Crippen molar-refractivity contribution in [2.24, 2.45) is 5.92 Å². The molecule has 1 amide bonds. The SMILES string of the molecule is O=C(O)C1CC(C2NCCC3=C2C3)CN1C(=O)C(c1ccccc1)c1ccccc1. The van der Waals surface area contributed by atoms with Crippen LogP contribution in [0.2, 0.25) is 0 Å². The lowest BCUT2D eigenvalue weighted by molar-refractivity contribution is -0.148. The molecule has 0 bridgehead atoms. The monoisotopic (exact) mass is 402 g/mol. The zero-order valence-electron chi connectivity index (χ0n) is 16.8. The van der Waals surface area contributed by atoms with Crippen molar-refractivity contribution in [2.45, 2.75) is 37.3 Å². The number of carbonyl (C=O) groups excluding carboxylic acids is 1. The zero-order chi connectivity index (χ0) is 20.7. The van der Waals surface area contributed by atoms with Crippen molar-refractivity contribution in [2.75, 3.05) is 13.1 Å². The number of nitrogens with one attached hydrogen (secondary N) is 1. The molecule has 2 aromatic rings. The average molecular weight is 402 g/mol. The maximum absolute atomic E-state index is 13.8. The second kappa shape index (κ2) is 7.73. The predicted molar refractivity (Wildman–Crippen MR) is 114 cm³/mol. The number of hydrogen-bond donors (Lipinski definition) is 2. The third-order valence-corrected chi connectivity index (χ3v) is 6.79. The first-order chi connectivity index (χ1) is 14.6. The van der Waals surface area contributed by atoms with E-state index in [4.69, 9.17) is 0 Å². The van der Waals surface area contributed by atoms with Gasteiger partial charge in [0.15, 0.2) is 0 Å². The molecule has 0 saturated carbocycles. The molecule has 0 radical (unpaired) electrons. The fourth-order valence-electron chi connectivity index (χ4n) is 5.24. The minimum absolute atomic E-state index is 0.122. The van der Waals surface area contributed by atoms with Crippen molar-refractivity contribution in [3.05, 3.63) is 82.9 Å². The standard InChI is InChI=1S/C25H26N2O3/c28-24(22(16-7-3-1-4-8-16)17-9-5-2-6-10-17)27-15-19(14-21(27)25(29)30)23-20-13-18(20)11-12-26-23/h1-10,19,21-23,26H,11-15H2,(H,29,30). The van der Waals surface area contributed by atoms with E-state index in [-0.39, 0.29) is 17.9 Å². The molecule has 5 rings (SSSR count). The van der Waals surface area contributed by atoms with E-state index in [1.165, 1.54) is 11.1 Å². The number of amides is 1. The van der Waals surface area contributed by atoms with Gasteiger partial charge in [0.2, 0.25) is 5.91 Å². The van der Waals surface area contributed by atoms with Crippen LogP contribution in [0, 0.1) is 5.92 Å². The Morgan fingerprint density at radius 3 is 2.23 bits per heavy atom. The van der Waals surface area contributed by atoms with Gasteiger partial charge in [-0.1, -0.05) is 66.2 Å². The summed E-state index contributed by atoms with van der Waals surface area (Å²) in [6.07, 6.45) is 2.69. The summed E-state index contributed by atoms with van der Waals surface area (Å²) in [7, 11) is 0. The van der Waals surface area contributed by atoms with Gasteiger partial charge in [-0.05, 0) is 48.4 Å². The molecule has 2 N–H and O–H groups in total. The number of hydrogen-bond acceptors (Lipinski definition) is 3. The highest BCUT2D eigenvalue weighted by Crippen LogP contribution is 2.44. The molecule has 1 aliphatic carbocycles. The van der Waals surface area contributed by atoms with Crippen LogP contribution in [-0.2, 0) is 9.59 Å². The Labute approximate surface area is 176 Å². The van der Waals surface area contributed by atoms with Gasteiger partial charge >= 0.3 is 5.97 Å². The maximum atomic E-state index is 13.8. The van der Waals surface area contributed by atoms with Crippen LogP contribution < -0.4 is 5.32 Å². The van der Waals surface area contributed by atoms with Gasteiger partial charge in [-0.25, -0.2) is 4.79 Å². The fraction of sp³-hybridized carbons (Fsp3) is 0.360. The smallest absolute Gasteiger partial charge is 0.326 e. The Morgan fingerprint density at radius 2 is 1.63 bits per heavy atom. The van der Waals surface area contributed by atoms with Crippen molar-refractivity contribution in [3.8, 4) is 0 Å². The summed E-state index contributed by atoms with van der Waals surface area (Å²) in [4.78, 5) is 27.5. The van der Waals surface area contributed by atoms with Gasteiger partial charge in [-0.15, -0.1) is 0 Å². The van der Waals surface area contributed by atoms with Gasteiger partial charge in [0.05, 0.1) is 5.92 Å². The summed E-state index contributed by atoms with van der Waals surface area (Å²) in [5.41, 5.74) is 4.77. The first-order valence-electron chi connectivity index (χ1n) is 10.7. The maximum Gasteiger partial charge on any atom is 0.326 e. The van der Waals surface area contributed by atoms with Crippen LogP contribution in [0.5, 0.6) is 0 Å². The van der Waals surface area contributed by atoms with E-state index in [2.05, 4.69) is 5.32 Å². The van der Waals surface area contributed by atoms with Gasteiger partial charge in [0.1, 0.15) is 6.04 Å². The highest BCUT2D eigenvalue weighted by Gasteiger charge is 2.47. The van der Waals surface area contributed by atoms with Crippen LogP contribution >= 0.6 is 0 Å². The normalized spacial score (nSPS) is 25.4. The van der Waals surface area contributed by atoms with Crippen LogP contribution in [-0.4, -0.2) is 47.1 Å². The zero-order valence-corrected chi connectivity index (χ0v) is 16.8. The van der Waals surface area contributed by atoms with Crippen LogP contribution in [0.4, 0.5) is 0 Å². The van der Waals surface area contributed by atoms with E-state index in [9.17, 15) is 14.7 Å². The van der Waals surface area contributed by atoms with E-state index in [1.54, 1.807) is 4.90 Å². The lowest BCUT2D eigenvalue weighted by Gasteiger charge is -2.28. The number of rotatable bonds is 5. The summed E-state index contributed by atoms with van der Waals surface area (Å²) < 4.78 is 0. The Bertz CT molecular complexity index is 946. The van der Waals surface area contributed by atoms with Crippen LogP contribution in [0.1, 0.15) is 36.3 Å². The third-order valence-electron chi connectivity index (χ3n) is 6.79. The van der Waals surface area contributed by atoms with Crippen molar-refractivity contribution in [1.29, 1.82) is 0 Å². The van der Waals surface area contributed by atoms with E-state index in [0.717, 1.165) is 30.5 Å². The largest absolute Gasteiger partial charge is 0.480 e. The topological polar surface area (TPSA) is 69.6 Å². The molecule has 154 valence electrons. The number of benzene rings is 2. The molecule has 2 aromatic carbocycles. The number of aliphatic carboxylic acids is 1. The summed E-state index contributed by atoms with van der Waals surface area (Å²) in [5, 5.41) is 13.5. The summed E-state index contributed by atoms with van der Waals surface area (Å²) in [5.74, 6) is -1.38. The summed E-state index contributed by atoms with van der Waals surface area (Å²) in [6.45, 7) is 1.43. The predicted octanol–water partition coefficient (Wildman–Crippen LogP) is 3.18. The molecule has 30 heavy (non-hydrogen) atoms. The molecule has 0 spiro atoms. The van der Waals surface area contributed by atoms with E-state index in [0.29, 0.717) is 13.0 Å². The molecule has 3 unspecified atom stereocenters. The third kappa shape index (κ3) is 3.43. The fourth-order valence-corrected chi connectivity index (χ4v) is 5.24. The van der Waals surface area contributed by atoms with Crippen molar-refractivity contribution < 1.29 is 14.7 Å². The number of carbonyl (C=O) groups is 2. The van der Waals surface area contributed by atoms with Crippen LogP contribution in [0.25, 0.3) is 0 Å². The molecule has 5 heteroatoms. The molecule has 1 fully saturated rings. The minimum Gasteiger partial charge on any atom is -0.480 e. The van der Waals surface area contributed by atoms with Crippen LogP contribution in [0.15, 0.2) is 71.8 Å². The molecule has 3 atom stereocenters. The number of carboxylic acids is 1. The van der Waals surface area contributed by atoms with Gasteiger partial charge in [-0.3, -0.25) is 4.79 Å². The Balaban J connectivity index is 1.46. The Hall–Kier alpha value is -2.92. The molecule has 0 aromatic heterocycles. The lowest BCUT2D eigenvalue weighted by Crippen LogP contribution is -2.44. The van der Waals surface area contributed by atoms with E-state index < -0.39 is 17.9 Å². The van der Waals surface area contributed by atoms with Crippen molar-refractivity contribution >= 4 is 11.9 Å². The van der Waals surface area contributed by atoms with E-state index in [1.807, 2.05) is 60.7 Å². The van der Waals surface area contributed by atoms with Crippen molar-refractivity contribution in [1.82, 2.24) is 10.2 Å². The second-order valence-corrected chi connectivity index (χ2v) is 8.58. The highest BCUT2D eigenvalue weighted by molar-refractivity contribution is 5.91. The van der Waals surface area contributed by atoms with Gasteiger partial charge in [0.25, 0.3) is 0 Å². The molecule has 2 heterocycles. The minimum atomic E-state index is -0.911. The molecule has 3 aliphatic rings. The summed E-state index contributed by atoms with van der Waals surface area (Å²) in [6, 6.07) is 18.8. The molecule has 5 nitrogen and oxygen atoms in total. The van der Waals surface area contributed by atoms with Gasteiger partial charge in [-0.2, -0.15) is 0 Å². The first-order valence-corrected chi connectivity index (χ1v) is 10.7. The van der Waals surface area contributed by atoms with Crippen LogP contribution in [0.3, 0.4) is 0 Å². The van der Waals surface area contributed by atoms with E-state index >= 15 is 0 Å². The highest BCUT2D eigenvalue weighted by atomic mass is 16.4. The first kappa shape index (κ1) is 19.1. The average Bonchev–Trinajstić information content (AvgIpc) is 3.44. The Morgan fingerprint density at radius 1 is 1.00 bits per heavy atom. The van der Waals surface area contributed by atoms with Crippen molar-refractivity contribution in [3.63, 3.8) is 0 Å². The quantitative estimate of drug-likeness (QED) is 0.754. The lowest BCUT2D eigenvalue weighted by atomic mass is 9.90.